The van der Waals surface area contributed by atoms with E-state index in [1.165, 1.54) is 19.3 Å². The SMILES string of the molecule is CC1CCCCC1(C)O.O=C(O)CCCCC(=O)O. The zero-order valence-electron chi connectivity index (χ0n) is 11.9. The summed E-state index contributed by atoms with van der Waals surface area (Å²) in [6, 6.07) is 0. The van der Waals surface area contributed by atoms with Crippen molar-refractivity contribution in [3.05, 3.63) is 0 Å². The molecule has 1 aliphatic rings. The number of carboxylic acid groups (broad SMARTS) is 2. The van der Waals surface area contributed by atoms with Gasteiger partial charge in [0.05, 0.1) is 5.60 Å². The van der Waals surface area contributed by atoms with Gasteiger partial charge in [0.2, 0.25) is 0 Å². The van der Waals surface area contributed by atoms with Gasteiger partial charge in [-0.15, -0.1) is 0 Å². The number of hydrogen-bond acceptors (Lipinski definition) is 3. The zero-order chi connectivity index (χ0) is 14.9. The summed E-state index contributed by atoms with van der Waals surface area (Å²) in [5.74, 6) is -1.23. The number of carbonyl (C=O) groups is 2. The Labute approximate surface area is 114 Å². The number of aliphatic hydroxyl groups is 1. The van der Waals surface area contributed by atoms with E-state index in [0.717, 1.165) is 6.42 Å². The van der Waals surface area contributed by atoms with E-state index in [9.17, 15) is 14.7 Å². The van der Waals surface area contributed by atoms with Crippen LogP contribution < -0.4 is 0 Å². The molecule has 0 aromatic heterocycles. The van der Waals surface area contributed by atoms with Crippen molar-refractivity contribution < 1.29 is 24.9 Å². The van der Waals surface area contributed by atoms with E-state index in [-0.39, 0.29) is 18.4 Å². The van der Waals surface area contributed by atoms with E-state index in [1.807, 2.05) is 6.92 Å². The van der Waals surface area contributed by atoms with E-state index in [1.54, 1.807) is 0 Å². The Morgan fingerprint density at radius 1 is 1.11 bits per heavy atom. The van der Waals surface area contributed by atoms with E-state index >= 15 is 0 Å². The van der Waals surface area contributed by atoms with Crippen LogP contribution in [0.1, 0.15) is 65.2 Å². The summed E-state index contributed by atoms with van der Waals surface area (Å²) in [5, 5.41) is 25.9. The van der Waals surface area contributed by atoms with Gasteiger partial charge < -0.3 is 15.3 Å². The minimum Gasteiger partial charge on any atom is -0.481 e. The minimum atomic E-state index is -0.870. The summed E-state index contributed by atoms with van der Waals surface area (Å²) >= 11 is 0. The maximum atomic E-state index is 9.90. The molecule has 1 aliphatic carbocycles. The highest BCUT2D eigenvalue weighted by atomic mass is 16.4. The zero-order valence-corrected chi connectivity index (χ0v) is 11.9. The van der Waals surface area contributed by atoms with Gasteiger partial charge in [-0.3, -0.25) is 9.59 Å². The Kier molecular flexibility index (Phi) is 8.39. The third kappa shape index (κ3) is 9.47. The fraction of sp³-hybridized carbons (Fsp3) is 0.857. The molecule has 2 atom stereocenters. The molecule has 1 fully saturated rings. The summed E-state index contributed by atoms with van der Waals surface area (Å²) in [5.41, 5.74) is -0.363. The first-order chi connectivity index (χ1) is 8.75. The lowest BCUT2D eigenvalue weighted by atomic mass is 9.78. The van der Waals surface area contributed by atoms with Crippen LogP contribution in [0.3, 0.4) is 0 Å². The van der Waals surface area contributed by atoms with E-state index < -0.39 is 11.9 Å². The number of unbranched alkanes of at least 4 members (excludes halogenated alkanes) is 1. The maximum Gasteiger partial charge on any atom is 0.303 e. The van der Waals surface area contributed by atoms with Crippen molar-refractivity contribution in [1.82, 2.24) is 0 Å². The fourth-order valence-corrected chi connectivity index (χ4v) is 2.04. The fourth-order valence-electron chi connectivity index (χ4n) is 2.04. The molecule has 0 aromatic rings. The van der Waals surface area contributed by atoms with Crippen molar-refractivity contribution in [2.24, 2.45) is 5.92 Å². The lowest BCUT2D eigenvalue weighted by molar-refractivity contribution is -0.139. The summed E-state index contributed by atoms with van der Waals surface area (Å²) in [6.45, 7) is 4.09. The first-order valence-corrected chi connectivity index (χ1v) is 6.91. The van der Waals surface area contributed by atoms with Crippen molar-refractivity contribution in [2.45, 2.75) is 70.8 Å². The molecule has 0 amide bonds. The third-order valence-corrected chi connectivity index (χ3v) is 3.66. The number of hydrogen-bond donors (Lipinski definition) is 3. The van der Waals surface area contributed by atoms with Crippen LogP contribution in [0.2, 0.25) is 0 Å². The van der Waals surface area contributed by atoms with Crippen LogP contribution in [0.15, 0.2) is 0 Å². The second kappa shape index (κ2) is 8.91. The molecule has 1 rings (SSSR count). The van der Waals surface area contributed by atoms with Crippen molar-refractivity contribution in [3.8, 4) is 0 Å². The molecule has 0 aliphatic heterocycles. The molecule has 0 bridgehead atoms. The van der Waals surface area contributed by atoms with Crippen molar-refractivity contribution in [1.29, 1.82) is 0 Å². The van der Waals surface area contributed by atoms with Gasteiger partial charge in [-0.05, 0) is 38.5 Å². The van der Waals surface area contributed by atoms with Crippen LogP contribution in [-0.2, 0) is 9.59 Å². The predicted octanol–water partition coefficient (Wildman–Crippen LogP) is 2.66. The monoisotopic (exact) mass is 274 g/mol. The highest BCUT2D eigenvalue weighted by Crippen LogP contribution is 2.32. The second-order valence-corrected chi connectivity index (χ2v) is 5.50. The van der Waals surface area contributed by atoms with Crippen LogP contribution in [0.4, 0.5) is 0 Å². The quantitative estimate of drug-likeness (QED) is 0.670. The van der Waals surface area contributed by atoms with Crippen molar-refractivity contribution >= 4 is 11.9 Å². The standard InChI is InChI=1S/C8H16O.C6H10O4/c1-7-5-3-4-6-8(7,2)9;7-5(8)3-1-2-4-6(9)10/h7,9H,3-6H2,1-2H3;1-4H2,(H,7,8)(H,9,10). The largest absolute Gasteiger partial charge is 0.481 e. The molecule has 0 radical (unpaired) electrons. The number of aliphatic carboxylic acids is 2. The van der Waals surface area contributed by atoms with Gasteiger partial charge in [0.15, 0.2) is 0 Å². The molecule has 5 nitrogen and oxygen atoms in total. The van der Waals surface area contributed by atoms with Gasteiger partial charge in [-0.2, -0.15) is 0 Å². The first kappa shape index (κ1) is 17.9. The average molecular weight is 274 g/mol. The molecular weight excluding hydrogens is 248 g/mol. The Bertz CT molecular complexity index is 270. The third-order valence-electron chi connectivity index (χ3n) is 3.66. The normalized spacial score (nSPS) is 26.2. The molecule has 0 heterocycles. The average Bonchev–Trinajstić information content (AvgIpc) is 2.29. The molecule has 112 valence electrons. The number of rotatable bonds is 5. The smallest absolute Gasteiger partial charge is 0.303 e. The molecule has 0 spiro atoms. The van der Waals surface area contributed by atoms with Crippen molar-refractivity contribution in [2.75, 3.05) is 0 Å². The summed E-state index contributed by atoms with van der Waals surface area (Å²) in [6.07, 6.45) is 5.72. The molecular formula is C14H26O5. The highest BCUT2D eigenvalue weighted by molar-refractivity contribution is 5.67. The van der Waals surface area contributed by atoms with Gasteiger partial charge in [0, 0.05) is 12.8 Å². The maximum absolute atomic E-state index is 9.90. The first-order valence-electron chi connectivity index (χ1n) is 6.91. The molecule has 3 N–H and O–H groups in total. The summed E-state index contributed by atoms with van der Waals surface area (Å²) in [4.78, 5) is 19.8. The van der Waals surface area contributed by atoms with Gasteiger partial charge in [-0.25, -0.2) is 0 Å². The van der Waals surface area contributed by atoms with E-state index in [2.05, 4.69) is 6.92 Å². The van der Waals surface area contributed by atoms with E-state index in [4.69, 9.17) is 10.2 Å². The Morgan fingerprint density at radius 2 is 1.58 bits per heavy atom. The van der Waals surface area contributed by atoms with Crippen LogP contribution in [0.25, 0.3) is 0 Å². The Balaban J connectivity index is 0.000000342. The molecule has 5 heteroatoms. The molecule has 2 unspecified atom stereocenters. The van der Waals surface area contributed by atoms with Gasteiger partial charge >= 0.3 is 11.9 Å². The van der Waals surface area contributed by atoms with Crippen LogP contribution in [0, 0.1) is 5.92 Å². The lowest BCUT2D eigenvalue weighted by Gasteiger charge is -2.34. The Morgan fingerprint density at radius 3 is 1.84 bits per heavy atom. The molecule has 0 aromatic carbocycles. The van der Waals surface area contributed by atoms with Crippen molar-refractivity contribution in [3.63, 3.8) is 0 Å². The Hall–Kier alpha value is -1.10. The lowest BCUT2D eigenvalue weighted by Crippen LogP contribution is -2.35. The van der Waals surface area contributed by atoms with Crippen LogP contribution in [0.5, 0.6) is 0 Å². The topological polar surface area (TPSA) is 94.8 Å². The van der Waals surface area contributed by atoms with Crippen LogP contribution >= 0.6 is 0 Å². The van der Waals surface area contributed by atoms with Gasteiger partial charge in [0.25, 0.3) is 0 Å². The highest BCUT2D eigenvalue weighted by Gasteiger charge is 2.30. The summed E-state index contributed by atoms with van der Waals surface area (Å²) in [7, 11) is 0. The molecule has 0 saturated heterocycles. The predicted molar refractivity (Wildman–Crippen MR) is 72.0 cm³/mol. The summed E-state index contributed by atoms with van der Waals surface area (Å²) < 4.78 is 0. The molecule has 1 saturated carbocycles. The van der Waals surface area contributed by atoms with Crippen LogP contribution in [-0.4, -0.2) is 32.9 Å². The van der Waals surface area contributed by atoms with E-state index in [0.29, 0.717) is 18.8 Å². The second-order valence-electron chi connectivity index (χ2n) is 5.50. The van der Waals surface area contributed by atoms with Gasteiger partial charge in [-0.1, -0.05) is 19.8 Å². The number of carboxylic acids is 2. The minimum absolute atomic E-state index is 0.0628. The molecule has 19 heavy (non-hydrogen) atoms. The van der Waals surface area contributed by atoms with Gasteiger partial charge in [0.1, 0.15) is 0 Å².